The molecule has 0 aliphatic carbocycles. The number of pyridine rings is 1. The molecule has 2 amide bonds. The molecule has 0 saturated carbocycles. The summed E-state index contributed by atoms with van der Waals surface area (Å²) < 4.78 is 16.1. The summed E-state index contributed by atoms with van der Waals surface area (Å²) in [6.07, 6.45) is 6.78. The number of hydrogen-bond donors (Lipinski definition) is 2. The zero-order chi connectivity index (χ0) is 26.5. The Labute approximate surface area is 213 Å². The van der Waals surface area contributed by atoms with E-state index in [-0.39, 0.29) is 58.3 Å². The second kappa shape index (κ2) is 9.02. The van der Waals surface area contributed by atoms with Crippen LogP contribution in [-0.2, 0) is 9.59 Å². The Morgan fingerprint density at radius 1 is 1.03 bits per heavy atom. The van der Waals surface area contributed by atoms with Gasteiger partial charge in [-0.1, -0.05) is 5.21 Å². The van der Waals surface area contributed by atoms with Crippen molar-refractivity contribution in [2.24, 2.45) is 5.92 Å². The molecule has 5 rings (SSSR count). The number of hydrogen-bond acceptors (Lipinski definition) is 7. The minimum Gasteiger partial charge on any atom is -0.357 e. The van der Waals surface area contributed by atoms with E-state index in [4.69, 9.17) is 0 Å². The Balaban J connectivity index is 1.28. The first-order valence-electron chi connectivity index (χ1n) is 12.4. The van der Waals surface area contributed by atoms with Crippen LogP contribution in [0.2, 0.25) is 0 Å². The standard InChI is InChI=1S/C25H31FN8O3/c1-24(2)11-15(12-25(3,4)30-24)22(36)32-7-9-33(10-8-32)23(37)20(35)16-13-27-19-18(16)17(26)14-28-21(19)34-6-5-29-31-34/h5-6,13-15,27,30H,7-12H2,1-4H3. The van der Waals surface area contributed by atoms with Crippen molar-refractivity contribution in [3.05, 3.63) is 36.2 Å². The number of aromatic amines is 1. The van der Waals surface area contributed by atoms with Crippen molar-refractivity contribution in [2.45, 2.75) is 51.6 Å². The summed E-state index contributed by atoms with van der Waals surface area (Å²) in [5.74, 6) is -2.01. The fraction of sp³-hybridized carbons (Fsp3) is 0.520. The molecule has 196 valence electrons. The van der Waals surface area contributed by atoms with Crippen molar-refractivity contribution in [3.63, 3.8) is 0 Å². The summed E-state index contributed by atoms with van der Waals surface area (Å²) >= 11 is 0. The van der Waals surface area contributed by atoms with Gasteiger partial charge < -0.3 is 20.1 Å². The van der Waals surface area contributed by atoms with Crippen LogP contribution in [-0.4, -0.2) is 89.6 Å². The monoisotopic (exact) mass is 510 g/mol. The third-order valence-electron chi connectivity index (χ3n) is 7.14. The Hall–Kier alpha value is -3.67. The number of halogens is 1. The number of nitrogens with zero attached hydrogens (tertiary/aromatic N) is 6. The molecule has 2 N–H and O–H groups in total. The second-order valence-electron chi connectivity index (χ2n) is 11.2. The number of Topliss-reactive ketones (excluding diaryl/α,β-unsaturated/α-hetero) is 1. The van der Waals surface area contributed by atoms with Crippen molar-refractivity contribution in [1.29, 1.82) is 0 Å². The summed E-state index contributed by atoms with van der Waals surface area (Å²) in [4.78, 5) is 49.7. The lowest BCUT2D eigenvalue weighted by Crippen LogP contribution is -2.61. The van der Waals surface area contributed by atoms with Gasteiger partial charge in [0.15, 0.2) is 11.6 Å². The fourth-order valence-electron chi connectivity index (χ4n) is 5.91. The average Bonchev–Trinajstić information content (AvgIpc) is 3.52. The van der Waals surface area contributed by atoms with E-state index in [2.05, 4.69) is 53.3 Å². The highest BCUT2D eigenvalue weighted by Gasteiger charge is 2.42. The number of H-pyrrole nitrogens is 1. The molecule has 2 aliphatic heterocycles. The van der Waals surface area contributed by atoms with E-state index in [1.54, 1.807) is 11.1 Å². The number of nitrogens with one attached hydrogen (secondary N) is 2. The highest BCUT2D eigenvalue weighted by Crippen LogP contribution is 2.34. The molecule has 0 radical (unpaired) electrons. The Morgan fingerprint density at radius 3 is 2.30 bits per heavy atom. The van der Waals surface area contributed by atoms with E-state index in [0.29, 0.717) is 13.1 Å². The molecule has 0 atom stereocenters. The minimum absolute atomic E-state index is 0.0243. The molecule has 11 nitrogen and oxygen atoms in total. The number of aromatic nitrogens is 5. The van der Waals surface area contributed by atoms with Crippen LogP contribution < -0.4 is 5.32 Å². The Bertz CT molecular complexity index is 1340. The second-order valence-corrected chi connectivity index (χ2v) is 11.2. The van der Waals surface area contributed by atoms with E-state index in [1.807, 2.05) is 0 Å². The van der Waals surface area contributed by atoms with Gasteiger partial charge in [0.05, 0.1) is 35.1 Å². The summed E-state index contributed by atoms with van der Waals surface area (Å²) in [7, 11) is 0. The van der Waals surface area contributed by atoms with Gasteiger partial charge in [0, 0.05) is 49.4 Å². The van der Waals surface area contributed by atoms with Crippen LogP contribution >= 0.6 is 0 Å². The largest absolute Gasteiger partial charge is 0.357 e. The first-order valence-corrected chi connectivity index (χ1v) is 12.4. The number of piperazine rings is 1. The maximum Gasteiger partial charge on any atom is 0.295 e. The van der Waals surface area contributed by atoms with E-state index in [0.717, 1.165) is 19.0 Å². The zero-order valence-corrected chi connectivity index (χ0v) is 21.4. The van der Waals surface area contributed by atoms with Crippen molar-refractivity contribution < 1.29 is 18.8 Å². The quantitative estimate of drug-likeness (QED) is 0.404. The van der Waals surface area contributed by atoms with Gasteiger partial charge in [-0.3, -0.25) is 14.4 Å². The third-order valence-corrected chi connectivity index (χ3v) is 7.14. The lowest BCUT2D eigenvalue weighted by molar-refractivity contribution is -0.143. The summed E-state index contributed by atoms with van der Waals surface area (Å²) in [6, 6.07) is 0. The highest BCUT2D eigenvalue weighted by molar-refractivity contribution is 6.45. The smallest absolute Gasteiger partial charge is 0.295 e. The molecular weight excluding hydrogens is 479 g/mol. The number of amides is 2. The lowest BCUT2D eigenvalue weighted by Gasteiger charge is -2.47. The van der Waals surface area contributed by atoms with Crippen LogP contribution in [0.3, 0.4) is 0 Å². The van der Waals surface area contributed by atoms with Crippen molar-refractivity contribution in [2.75, 3.05) is 26.2 Å². The van der Waals surface area contributed by atoms with Crippen molar-refractivity contribution in [1.82, 2.24) is 40.1 Å². The van der Waals surface area contributed by atoms with Gasteiger partial charge in [-0.15, -0.1) is 5.10 Å². The number of carbonyl (C=O) groups is 3. The summed E-state index contributed by atoms with van der Waals surface area (Å²) in [5, 5.41) is 11.2. The molecule has 3 aromatic heterocycles. The molecule has 37 heavy (non-hydrogen) atoms. The van der Waals surface area contributed by atoms with Crippen LogP contribution in [0.4, 0.5) is 4.39 Å². The van der Waals surface area contributed by atoms with E-state index >= 15 is 0 Å². The number of fused-ring (bicyclic) bond motifs is 1. The summed E-state index contributed by atoms with van der Waals surface area (Å²) in [5.41, 5.74) is -0.127. The molecular formula is C25H31FN8O3. The van der Waals surface area contributed by atoms with Crippen molar-refractivity contribution >= 4 is 28.5 Å². The van der Waals surface area contributed by atoms with Gasteiger partial charge >= 0.3 is 0 Å². The SMILES string of the molecule is CC1(C)CC(C(=O)N2CCN(C(=O)C(=O)c3c[nH]c4c(-n5ccnn5)ncc(F)c34)CC2)CC(C)(C)N1. The first kappa shape index (κ1) is 25.0. The molecule has 2 saturated heterocycles. The van der Waals surface area contributed by atoms with E-state index in [1.165, 1.54) is 22.0 Å². The van der Waals surface area contributed by atoms with E-state index in [9.17, 15) is 18.8 Å². The average molecular weight is 511 g/mol. The highest BCUT2D eigenvalue weighted by atomic mass is 19.1. The van der Waals surface area contributed by atoms with Crippen LogP contribution in [0, 0.1) is 11.7 Å². The minimum atomic E-state index is -0.817. The normalized spacial score (nSPS) is 19.8. The lowest BCUT2D eigenvalue weighted by atomic mass is 9.75. The number of ketones is 1. The third kappa shape index (κ3) is 4.73. The molecule has 3 aromatic rings. The molecule has 12 heteroatoms. The maximum atomic E-state index is 14.7. The number of piperidine rings is 1. The first-order chi connectivity index (χ1) is 17.5. The van der Waals surface area contributed by atoms with Crippen LogP contribution in [0.5, 0.6) is 0 Å². The van der Waals surface area contributed by atoms with Crippen LogP contribution in [0.15, 0.2) is 24.8 Å². The number of rotatable bonds is 4. The molecule has 0 spiro atoms. The zero-order valence-electron chi connectivity index (χ0n) is 21.4. The van der Waals surface area contributed by atoms with Crippen LogP contribution in [0.25, 0.3) is 16.7 Å². The number of carbonyl (C=O) groups excluding carboxylic acids is 3. The Morgan fingerprint density at radius 2 is 1.68 bits per heavy atom. The maximum absolute atomic E-state index is 14.7. The van der Waals surface area contributed by atoms with Gasteiger partial charge in [-0.05, 0) is 40.5 Å². The van der Waals surface area contributed by atoms with Gasteiger partial charge in [-0.25, -0.2) is 14.1 Å². The molecule has 5 heterocycles. The van der Waals surface area contributed by atoms with E-state index < -0.39 is 17.5 Å². The molecule has 2 fully saturated rings. The summed E-state index contributed by atoms with van der Waals surface area (Å²) in [6.45, 7) is 9.61. The van der Waals surface area contributed by atoms with Crippen LogP contribution in [0.1, 0.15) is 50.9 Å². The molecule has 0 aromatic carbocycles. The predicted molar refractivity (Wildman–Crippen MR) is 132 cm³/mol. The van der Waals surface area contributed by atoms with Gasteiger partial charge in [0.25, 0.3) is 11.7 Å². The molecule has 0 unspecified atom stereocenters. The van der Waals surface area contributed by atoms with Crippen molar-refractivity contribution in [3.8, 4) is 5.82 Å². The Kier molecular flexibility index (Phi) is 6.09. The van der Waals surface area contributed by atoms with Gasteiger partial charge in [0.1, 0.15) is 0 Å². The van der Waals surface area contributed by atoms with Gasteiger partial charge in [0.2, 0.25) is 5.91 Å². The van der Waals surface area contributed by atoms with Gasteiger partial charge in [-0.2, -0.15) is 0 Å². The molecule has 0 bridgehead atoms. The topological polar surface area (TPSA) is 129 Å². The fourth-order valence-corrected chi connectivity index (χ4v) is 5.91. The molecule has 2 aliphatic rings. The predicted octanol–water partition coefficient (Wildman–Crippen LogP) is 1.69.